The quantitative estimate of drug-likeness (QED) is 0.221. The molecule has 0 aliphatic heterocycles. The van der Waals surface area contributed by atoms with E-state index in [1.807, 2.05) is 13.3 Å². The number of nitrogens with zero attached hydrogens (tertiary/aromatic N) is 4. The highest BCUT2D eigenvalue weighted by molar-refractivity contribution is 5.99. The first-order chi connectivity index (χ1) is 14.7. The van der Waals surface area contributed by atoms with Crippen molar-refractivity contribution in [3.63, 3.8) is 0 Å². The normalized spacial score (nSPS) is 11.7. The molecule has 0 saturated heterocycles. The maximum atomic E-state index is 4.21. The number of hydrogen-bond donors (Lipinski definition) is 0. The van der Waals surface area contributed by atoms with Crippen molar-refractivity contribution in [1.29, 1.82) is 0 Å². The van der Waals surface area contributed by atoms with Crippen molar-refractivity contribution in [2.45, 2.75) is 32.4 Å². The van der Waals surface area contributed by atoms with Crippen LogP contribution in [-0.2, 0) is 13.1 Å². The number of unbranched alkanes of at least 4 members (excludes halogenated alkanes) is 2. The van der Waals surface area contributed by atoms with E-state index in [1.54, 1.807) is 0 Å². The lowest BCUT2D eigenvalue weighted by Crippen LogP contribution is -2.00. The molecular weight excluding hydrogens is 368 g/mol. The maximum absolute atomic E-state index is 4.21. The Kier molecular flexibility index (Phi) is 6.12. The second-order valence-corrected chi connectivity index (χ2v) is 8.13. The van der Waals surface area contributed by atoms with Crippen molar-refractivity contribution in [2.24, 2.45) is 4.99 Å². The van der Waals surface area contributed by atoms with Crippen LogP contribution in [0.4, 0.5) is 0 Å². The lowest BCUT2D eigenvalue weighted by atomic mass is 10.2. The first-order valence-corrected chi connectivity index (χ1v) is 10.8. The number of rotatable bonds is 8. The summed E-state index contributed by atoms with van der Waals surface area (Å²) < 4.78 is 6.90. The number of fused-ring (bicyclic) bond motifs is 2. The summed E-state index contributed by atoms with van der Waals surface area (Å²) in [4.78, 5) is 4.21. The Morgan fingerprint density at radius 2 is 1.30 bits per heavy atom. The molecule has 0 radical (unpaired) electrons. The Morgan fingerprint density at radius 3 is 1.87 bits per heavy atom. The average molecular weight is 400 g/mol. The van der Waals surface area contributed by atoms with E-state index in [-0.39, 0.29) is 0 Å². The topological polar surface area (TPSA) is 25.2 Å². The molecular formula is C26H31N4+. The van der Waals surface area contributed by atoms with Crippen molar-refractivity contribution in [3.8, 4) is 0 Å². The number of hydrogen-bond acceptors (Lipinski definition) is 1. The first-order valence-electron chi connectivity index (χ1n) is 10.8. The second kappa shape index (κ2) is 9.12. The molecule has 154 valence electrons. The molecule has 0 bridgehead atoms. The molecule has 4 heteroatoms. The third kappa shape index (κ3) is 4.23. The van der Waals surface area contributed by atoms with E-state index in [2.05, 4.69) is 99.9 Å². The highest BCUT2D eigenvalue weighted by Gasteiger charge is 2.09. The van der Waals surface area contributed by atoms with Crippen LogP contribution in [0.25, 0.3) is 21.8 Å². The number of para-hydroxylation sites is 2. The number of aromatic nitrogens is 2. The second-order valence-electron chi connectivity index (χ2n) is 8.13. The fourth-order valence-corrected chi connectivity index (χ4v) is 4.28. The van der Waals surface area contributed by atoms with Gasteiger partial charge in [-0.15, -0.1) is 0 Å². The van der Waals surface area contributed by atoms with Gasteiger partial charge in [-0.05, 0) is 31.4 Å². The van der Waals surface area contributed by atoms with Crippen LogP contribution in [-0.4, -0.2) is 47.3 Å². The van der Waals surface area contributed by atoms with Crippen LogP contribution in [0, 0.1) is 0 Å². The van der Waals surface area contributed by atoms with Crippen LogP contribution < -0.4 is 0 Å². The van der Waals surface area contributed by atoms with E-state index in [0.717, 1.165) is 13.1 Å². The minimum absolute atomic E-state index is 1.05. The van der Waals surface area contributed by atoms with Crippen molar-refractivity contribution in [2.75, 3.05) is 21.1 Å². The third-order valence-electron chi connectivity index (χ3n) is 5.60. The lowest BCUT2D eigenvalue weighted by molar-refractivity contribution is -0.458. The minimum atomic E-state index is 1.05. The van der Waals surface area contributed by atoms with Crippen LogP contribution in [0.2, 0.25) is 0 Å². The Morgan fingerprint density at radius 1 is 0.767 bits per heavy atom. The van der Waals surface area contributed by atoms with Gasteiger partial charge in [0.25, 0.3) is 0 Å². The highest BCUT2D eigenvalue weighted by atomic mass is 15.0. The van der Waals surface area contributed by atoms with E-state index < -0.39 is 0 Å². The number of benzene rings is 2. The van der Waals surface area contributed by atoms with E-state index >= 15 is 0 Å². The van der Waals surface area contributed by atoms with Crippen LogP contribution in [0.15, 0.2) is 65.9 Å². The van der Waals surface area contributed by atoms with Gasteiger partial charge >= 0.3 is 0 Å². The number of aryl methyl sites for hydroxylation is 2. The van der Waals surface area contributed by atoms with Gasteiger partial charge in [0.1, 0.15) is 14.1 Å². The third-order valence-corrected chi connectivity index (χ3v) is 5.60. The fraction of sp³-hybridized carbons (Fsp3) is 0.308. The summed E-state index contributed by atoms with van der Waals surface area (Å²) in [6.45, 7) is 2.10. The molecule has 2 heterocycles. The molecule has 4 nitrogen and oxygen atoms in total. The lowest BCUT2D eigenvalue weighted by Gasteiger charge is -2.07. The maximum Gasteiger partial charge on any atom is 0.172 e. The van der Waals surface area contributed by atoms with Crippen molar-refractivity contribution < 1.29 is 4.58 Å². The Labute approximate surface area is 178 Å². The molecule has 0 aliphatic carbocycles. The Bertz CT molecular complexity index is 1200. The van der Waals surface area contributed by atoms with Gasteiger partial charge in [0.05, 0.1) is 5.56 Å². The van der Waals surface area contributed by atoms with Crippen molar-refractivity contribution in [3.05, 3.63) is 72.1 Å². The molecule has 2 aromatic heterocycles. The predicted molar refractivity (Wildman–Crippen MR) is 129 cm³/mol. The van der Waals surface area contributed by atoms with E-state index in [9.17, 15) is 0 Å². The summed E-state index contributed by atoms with van der Waals surface area (Å²) in [7, 11) is 5.99. The summed E-state index contributed by atoms with van der Waals surface area (Å²) in [6.07, 6.45) is 12.3. The van der Waals surface area contributed by atoms with Crippen molar-refractivity contribution >= 4 is 34.2 Å². The molecule has 0 atom stereocenters. The Balaban J connectivity index is 1.40. The molecule has 0 N–H and O–H groups in total. The molecule has 0 unspecified atom stereocenters. The van der Waals surface area contributed by atoms with Crippen LogP contribution in [0.3, 0.4) is 0 Å². The van der Waals surface area contributed by atoms with Crippen LogP contribution in [0.5, 0.6) is 0 Å². The Hall–Kier alpha value is -3.14. The monoisotopic (exact) mass is 399 g/mol. The zero-order chi connectivity index (χ0) is 20.9. The van der Waals surface area contributed by atoms with E-state index in [1.165, 1.54) is 52.2 Å². The van der Waals surface area contributed by atoms with Gasteiger partial charge in [-0.1, -0.05) is 36.4 Å². The molecule has 30 heavy (non-hydrogen) atoms. The minimum Gasteiger partial charge on any atom is -0.347 e. The summed E-state index contributed by atoms with van der Waals surface area (Å²) in [5.41, 5.74) is 5.12. The van der Waals surface area contributed by atoms with Gasteiger partial charge in [-0.2, -0.15) is 0 Å². The predicted octanol–water partition coefficient (Wildman–Crippen LogP) is 5.21. The van der Waals surface area contributed by atoms with Gasteiger partial charge in [0.15, 0.2) is 6.21 Å². The van der Waals surface area contributed by atoms with Gasteiger partial charge in [0, 0.05) is 66.1 Å². The molecule has 0 saturated carbocycles. The van der Waals surface area contributed by atoms with Gasteiger partial charge < -0.3 is 9.13 Å². The largest absolute Gasteiger partial charge is 0.347 e. The molecule has 2 aromatic carbocycles. The molecule has 0 aliphatic rings. The zero-order valence-electron chi connectivity index (χ0n) is 18.3. The zero-order valence-corrected chi connectivity index (χ0v) is 18.3. The molecule has 4 aromatic rings. The first kappa shape index (κ1) is 20.1. The van der Waals surface area contributed by atoms with Crippen LogP contribution >= 0.6 is 0 Å². The molecule has 0 spiro atoms. The summed E-state index contributed by atoms with van der Waals surface area (Å²) in [5, 5.41) is 2.61. The fourth-order valence-electron chi connectivity index (χ4n) is 4.28. The summed E-state index contributed by atoms with van der Waals surface area (Å²) >= 11 is 0. The molecule has 0 amide bonds. The van der Waals surface area contributed by atoms with Gasteiger partial charge in [-0.25, -0.2) is 4.58 Å². The summed E-state index contributed by atoms with van der Waals surface area (Å²) in [5.74, 6) is 0. The number of aliphatic imine (C=N–C) groups is 1. The SMILES string of the molecule is CN=Cc1cn(CCCCCn2cc(C=[N+](C)C)c3ccccc32)c2ccccc12. The molecule has 4 rings (SSSR count). The smallest absolute Gasteiger partial charge is 0.172 e. The van der Waals surface area contributed by atoms with Crippen molar-refractivity contribution in [1.82, 2.24) is 9.13 Å². The standard InChI is InChI=1S/C26H31N4/c1-27-17-21-19-29(25-13-7-5-11-23(21)25)15-9-4-10-16-30-20-22(18-28(2)3)24-12-6-8-14-26(24)30/h5-8,11-14,17-20H,4,9-10,15-16H2,1-3H3/q+1. The van der Waals surface area contributed by atoms with Gasteiger partial charge in [-0.3, -0.25) is 4.99 Å². The molecule has 0 fully saturated rings. The van der Waals surface area contributed by atoms with Crippen LogP contribution in [0.1, 0.15) is 30.4 Å². The highest BCUT2D eigenvalue weighted by Crippen LogP contribution is 2.22. The van der Waals surface area contributed by atoms with Gasteiger partial charge in [0.2, 0.25) is 0 Å². The average Bonchev–Trinajstić information content (AvgIpc) is 3.27. The summed E-state index contributed by atoms with van der Waals surface area (Å²) in [6, 6.07) is 17.3. The van der Waals surface area contributed by atoms with E-state index in [0.29, 0.717) is 0 Å². The van der Waals surface area contributed by atoms with E-state index in [4.69, 9.17) is 0 Å².